The maximum Gasteiger partial charge on any atom is 0.236 e. The van der Waals surface area contributed by atoms with Crippen LogP contribution in [0, 0.1) is 0 Å². The highest BCUT2D eigenvalue weighted by molar-refractivity contribution is 9.10. The van der Waals surface area contributed by atoms with E-state index in [1.807, 2.05) is 30.3 Å². The van der Waals surface area contributed by atoms with Gasteiger partial charge < -0.3 is 4.42 Å². The first-order valence-electron chi connectivity index (χ1n) is 5.30. The minimum absolute atomic E-state index is 0.217. The molecule has 2 rings (SSSR count). The van der Waals surface area contributed by atoms with Crippen LogP contribution in [0.3, 0.4) is 0 Å². The molecule has 0 fully saturated rings. The predicted octanol–water partition coefficient (Wildman–Crippen LogP) is 3.18. The molecule has 1 heterocycles. The molecule has 0 unspecified atom stereocenters. The molecule has 1 N–H and O–H groups in total. The minimum atomic E-state index is -0.217. The Bertz CT molecular complexity index is 573. The first-order chi connectivity index (χ1) is 8.65. The summed E-state index contributed by atoms with van der Waals surface area (Å²) in [5.74, 6) is 1.12. The van der Waals surface area contributed by atoms with Crippen molar-refractivity contribution in [1.82, 2.24) is 5.43 Å². The summed E-state index contributed by atoms with van der Waals surface area (Å²) in [7, 11) is 0. The fourth-order valence-corrected chi connectivity index (χ4v) is 1.64. The SMILES string of the molecule is CC(=O)N/N=C/c1ccc(-c2ccc(Br)cc2)o1. The number of carbonyl (C=O) groups excluding carboxylic acids is 1. The van der Waals surface area contributed by atoms with Crippen molar-refractivity contribution in [3.8, 4) is 11.3 Å². The van der Waals surface area contributed by atoms with E-state index in [1.54, 1.807) is 6.07 Å². The van der Waals surface area contributed by atoms with Crippen molar-refractivity contribution in [2.45, 2.75) is 6.92 Å². The zero-order valence-electron chi connectivity index (χ0n) is 9.68. The van der Waals surface area contributed by atoms with Gasteiger partial charge >= 0.3 is 0 Å². The fourth-order valence-electron chi connectivity index (χ4n) is 1.38. The number of halogens is 1. The zero-order chi connectivity index (χ0) is 13.0. The van der Waals surface area contributed by atoms with Gasteiger partial charge in [-0.1, -0.05) is 28.1 Å². The number of benzene rings is 1. The highest BCUT2D eigenvalue weighted by Gasteiger charge is 2.03. The zero-order valence-corrected chi connectivity index (χ0v) is 11.3. The Hall–Kier alpha value is -1.88. The molecule has 92 valence electrons. The molecule has 0 spiro atoms. The number of hydrogen-bond acceptors (Lipinski definition) is 3. The van der Waals surface area contributed by atoms with Gasteiger partial charge in [-0.15, -0.1) is 0 Å². The van der Waals surface area contributed by atoms with Gasteiger partial charge in [-0.05, 0) is 24.3 Å². The van der Waals surface area contributed by atoms with E-state index in [1.165, 1.54) is 13.1 Å². The van der Waals surface area contributed by atoms with Crippen molar-refractivity contribution in [3.63, 3.8) is 0 Å². The molecule has 0 bridgehead atoms. The summed E-state index contributed by atoms with van der Waals surface area (Å²) in [4.78, 5) is 10.6. The molecule has 0 atom stereocenters. The summed E-state index contributed by atoms with van der Waals surface area (Å²) >= 11 is 3.38. The molecule has 1 aromatic carbocycles. The van der Waals surface area contributed by atoms with E-state index in [0.717, 1.165) is 15.8 Å². The summed E-state index contributed by atoms with van der Waals surface area (Å²) in [5, 5.41) is 3.74. The van der Waals surface area contributed by atoms with Gasteiger partial charge in [0.25, 0.3) is 0 Å². The Kier molecular flexibility index (Phi) is 3.94. The summed E-state index contributed by atoms with van der Waals surface area (Å²) in [6.07, 6.45) is 1.46. The molecular formula is C13H11BrN2O2. The molecule has 18 heavy (non-hydrogen) atoms. The van der Waals surface area contributed by atoms with Crippen molar-refractivity contribution in [1.29, 1.82) is 0 Å². The molecule has 0 saturated heterocycles. The van der Waals surface area contributed by atoms with Crippen LogP contribution < -0.4 is 5.43 Å². The highest BCUT2D eigenvalue weighted by atomic mass is 79.9. The Morgan fingerprint density at radius 3 is 2.67 bits per heavy atom. The third-order valence-electron chi connectivity index (χ3n) is 2.17. The van der Waals surface area contributed by atoms with E-state index in [9.17, 15) is 4.79 Å². The van der Waals surface area contributed by atoms with Crippen LogP contribution in [0.2, 0.25) is 0 Å². The van der Waals surface area contributed by atoms with Crippen molar-refractivity contribution in [2.75, 3.05) is 0 Å². The van der Waals surface area contributed by atoms with Crippen LogP contribution in [-0.2, 0) is 4.79 Å². The van der Waals surface area contributed by atoms with Crippen LogP contribution in [0.5, 0.6) is 0 Å². The van der Waals surface area contributed by atoms with E-state index in [2.05, 4.69) is 26.5 Å². The molecule has 0 aliphatic rings. The van der Waals surface area contributed by atoms with E-state index >= 15 is 0 Å². The van der Waals surface area contributed by atoms with Gasteiger partial charge in [0.1, 0.15) is 11.5 Å². The summed E-state index contributed by atoms with van der Waals surface area (Å²) in [5.41, 5.74) is 3.30. The summed E-state index contributed by atoms with van der Waals surface area (Å²) < 4.78 is 6.59. The topological polar surface area (TPSA) is 54.6 Å². The Labute approximate surface area is 113 Å². The second-order valence-corrected chi connectivity index (χ2v) is 4.55. The first kappa shape index (κ1) is 12.6. The Morgan fingerprint density at radius 1 is 1.28 bits per heavy atom. The average Bonchev–Trinajstić information content (AvgIpc) is 2.78. The van der Waals surface area contributed by atoms with E-state index in [-0.39, 0.29) is 5.91 Å². The predicted molar refractivity (Wildman–Crippen MR) is 73.3 cm³/mol. The number of carbonyl (C=O) groups is 1. The van der Waals surface area contributed by atoms with Gasteiger partial charge in [0.15, 0.2) is 0 Å². The van der Waals surface area contributed by atoms with Crippen LogP contribution >= 0.6 is 15.9 Å². The van der Waals surface area contributed by atoms with Crippen molar-refractivity contribution >= 4 is 28.1 Å². The van der Waals surface area contributed by atoms with Gasteiger partial charge in [-0.3, -0.25) is 4.79 Å². The summed E-state index contributed by atoms with van der Waals surface area (Å²) in [6.45, 7) is 1.40. The molecule has 4 nitrogen and oxygen atoms in total. The molecule has 0 saturated carbocycles. The standard InChI is InChI=1S/C13H11BrN2O2/c1-9(17)16-15-8-12-6-7-13(18-12)10-2-4-11(14)5-3-10/h2-8H,1H3,(H,16,17)/b15-8+. The van der Waals surface area contributed by atoms with Crippen molar-refractivity contribution in [3.05, 3.63) is 46.6 Å². The molecule has 0 aliphatic carbocycles. The van der Waals surface area contributed by atoms with Crippen LogP contribution in [0.4, 0.5) is 0 Å². The van der Waals surface area contributed by atoms with Gasteiger partial charge in [0.05, 0.1) is 6.21 Å². The summed E-state index contributed by atoms with van der Waals surface area (Å²) in [6, 6.07) is 11.5. The highest BCUT2D eigenvalue weighted by Crippen LogP contribution is 2.23. The van der Waals surface area contributed by atoms with E-state index in [4.69, 9.17) is 4.42 Å². The number of rotatable bonds is 3. The maximum absolute atomic E-state index is 10.6. The first-order valence-corrected chi connectivity index (χ1v) is 6.10. The number of nitrogens with one attached hydrogen (secondary N) is 1. The lowest BCUT2D eigenvalue weighted by molar-refractivity contribution is -0.118. The van der Waals surface area contributed by atoms with Crippen LogP contribution in [0.15, 0.2) is 50.4 Å². The third kappa shape index (κ3) is 3.30. The third-order valence-corrected chi connectivity index (χ3v) is 2.70. The van der Waals surface area contributed by atoms with Crippen LogP contribution in [0.1, 0.15) is 12.7 Å². The normalized spacial score (nSPS) is 10.8. The lowest BCUT2D eigenvalue weighted by atomic mass is 10.2. The second kappa shape index (κ2) is 5.64. The number of hydrazone groups is 1. The monoisotopic (exact) mass is 306 g/mol. The Balaban J connectivity index is 2.12. The fraction of sp³-hybridized carbons (Fsp3) is 0.0769. The lowest BCUT2D eigenvalue weighted by Crippen LogP contribution is -2.12. The van der Waals surface area contributed by atoms with Crippen LogP contribution in [-0.4, -0.2) is 12.1 Å². The second-order valence-electron chi connectivity index (χ2n) is 3.64. The molecule has 0 aliphatic heterocycles. The lowest BCUT2D eigenvalue weighted by Gasteiger charge is -1.96. The van der Waals surface area contributed by atoms with E-state index < -0.39 is 0 Å². The molecular weight excluding hydrogens is 296 g/mol. The van der Waals surface area contributed by atoms with Gasteiger partial charge in [-0.25, -0.2) is 5.43 Å². The molecule has 0 radical (unpaired) electrons. The number of hydrogen-bond donors (Lipinski definition) is 1. The largest absolute Gasteiger partial charge is 0.455 e. The molecule has 2 aromatic rings. The van der Waals surface area contributed by atoms with Crippen molar-refractivity contribution in [2.24, 2.45) is 5.10 Å². The van der Waals surface area contributed by atoms with Gasteiger partial charge in [0.2, 0.25) is 5.91 Å². The Morgan fingerprint density at radius 2 is 2.00 bits per heavy atom. The smallest absolute Gasteiger partial charge is 0.236 e. The van der Waals surface area contributed by atoms with Gasteiger partial charge in [0, 0.05) is 17.0 Å². The van der Waals surface area contributed by atoms with Gasteiger partial charge in [-0.2, -0.15) is 5.10 Å². The molecule has 1 amide bonds. The average molecular weight is 307 g/mol. The van der Waals surface area contributed by atoms with Crippen LogP contribution in [0.25, 0.3) is 11.3 Å². The number of nitrogens with zero attached hydrogens (tertiary/aromatic N) is 1. The minimum Gasteiger partial charge on any atom is -0.455 e. The maximum atomic E-state index is 10.6. The van der Waals surface area contributed by atoms with E-state index in [0.29, 0.717) is 5.76 Å². The van der Waals surface area contributed by atoms with Crippen molar-refractivity contribution < 1.29 is 9.21 Å². The molecule has 5 heteroatoms. The number of amides is 1. The quantitative estimate of drug-likeness (QED) is 0.699. The molecule has 1 aromatic heterocycles. The number of furan rings is 1.